The number of hydrogen-bond acceptors (Lipinski definition) is 3. The van der Waals surface area contributed by atoms with Crippen molar-refractivity contribution in [2.45, 2.75) is 38.8 Å². The highest BCUT2D eigenvalue weighted by Crippen LogP contribution is 2.30. The first-order chi connectivity index (χ1) is 10.0. The average molecular weight is 292 g/mol. The minimum absolute atomic E-state index is 0.0104. The van der Waals surface area contributed by atoms with Crippen molar-refractivity contribution >= 4 is 11.8 Å². The van der Waals surface area contributed by atoms with Crippen LogP contribution in [0.1, 0.15) is 38.4 Å². The summed E-state index contributed by atoms with van der Waals surface area (Å²) in [6, 6.07) is 3.43. The number of aromatic amines is 1. The number of rotatable bonds is 5. The van der Waals surface area contributed by atoms with Crippen LogP contribution in [0.3, 0.4) is 0 Å². The van der Waals surface area contributed by atoms with Gasteiger partial charge in [-0.3, -0.25) is 9.59 Å². The van der Waals surface area contributed by atoms with Gasteiger partial charge in [0.25, 0.3) is 0 Å². The van der Waals surface area contributed by atoms with Crippen LogP contribution in [0.4, 0.5) is 0 Å². The van der Waals surface area contributed by atoms with Crippen molar-refractivity contribution in [2.75, 3.05) is 13.1 Å². The molecular weight excluding hydrogens is 268 g/mol. The number of carbonyl (C=O) groups excluding carboxylic acids is 2. The molecule has 2 amide bonds. The number of amides is 2. The maximum atomic E-state index is 12.3. The molecule has 0 aliphatic carbocycles. The van der Waals surface area contributed by atoms with Crippen LogP contribution in [-0.4, -0.2) is 40.8 Å². The van der Waals surface area contributed by atoms with E-state index < -0.39 is 6.04 Å². The summed E-state index contributed by atoms with van der Waals surface area (Å²) >= 11 is 0. The summed E-state index contributed by atoms with van der Waals surface area (Å²) in [5, 5.41) is 2.64. The lowest BCUT2D eigenvalue weighted by Crippen LogP contribution is -2.47. The molecule has 0 radical (unpaired) electrons. The van der Waals surface area contributed by atoms with Crippen LogP contribution in [0.25, 0.3) is 0 Å². The van der Waals surface area contributed by atoms with E-state index >= 15 is 0 Å². The van der Waals surface area contributed by atoms with Crippen LogP contribution in [0.15, 0.2) is 18.3 Å². The zero-order valence-corrected chi connectivity index (χ0v) is 12.6. The summed E-state index contributed by atoms with van der Waals surface area (Å²) in [5.41, 5.74) is 6.81. The first-order valence-electron chi connectivity index (χ1n) is 7.46. The molecule has 1 aliphatic heterocycles. The Labute approximate surface area is 125 Å². The van der Waals surface area contributed by atoms with Crippen LogP contribution >= 0.6 is 0 Å². The standard InChI is InChI=1S/C15H24N4O2/c1-10(2)14(16)15(21)18-9-13(20)19-8-4-6-12(19)11-5-3-7-17-11/h3,5,7,10,12,14,17H,4,6,8-9,16H2,1-2H3,(H,18,21)/t12?,14-/m0/s1. The molecule has 1 saturated heterocycles. The summed E-state index contributed by atoms with van der Waals surface area (Å²) in [6.07, 6.45) is 3.79. The molecule has 21 heavy (non-hydrogen) atoms. The Kier molecular flexibility index (Phi) is 5.01. The Morgan fingerprint density at radius 1 is 1.52 bits per heavy atom. The van der Waals surface area contributed by atoms with E-state index in [2.05, 4.69) is 10.3 Å². The highest BCUT2D eigenvalue weighted by Gasteiger charge is 2.30. The van der Waals surface area contributed by atoms with Gasteiger partial charge in [-0.25, -0.2) is 0 Å². The molecule has 2 heterocycles. The Hall–Kier alpha value is -1.82. The molecule has 2 rings (SSSR count). The summed E-state index contributed by atoms with van der Waals surface area (Å²) in [6.45, 7) is 4.51. The number of carbonyl (C=O) groups is 2. The van der Waals surface area contributed by atoms with Gasteiger partial charge in [0.15, 0.2) is 0 Å². The Morgan fingerprint density at radius 3 is 2.90 bits per heavy atom. The fraction of sp³-hybridized carbons (Fsp3) is 0.600. The van der Waals surface area contributed by atoms with Gasteiger partial charge in [-0.2, -0.15) is 0 Å². The monoisotopic (exact) mass is 292 g/mol. The van der Waals surface area contributed by atoms with Gasteiger partial charge >= 0.3 is 0 Å². The smallest absolute Gasteiger partial charge is 0.242 e. The molecule has 1 fully saturated rings. The number of likely N-dealkylation sites (tertiary alicyclic amines) is 1. The third kappa shape index (κ3) is 3.64. The van der Waals surface area contributed by atoms with Crippen molar-refractivity contribution < 1.29 is 9.59 Å². The molecule has 6 nitrogen and oxygen atoms in total. The SMILES string of the molecule is CC(C)[C@H](N)C(=O)NCC(=O)N1CCCC1c1ccc[nH]1. The number of nitrogens with zero attached hydrogens (tertiary/aromatic N) is 1. The molecular formula is C15H24N4O2. The number of nitrogens with two attached hydrogens (primary N) is 1. The van der Waals surface area contributed by atoms with Gasteiger partial charge in [0, 0.05) is 18.4 Å². The van der Waals surface area contributed by atoms with Crippen molar-refractivity contribution in [3.05, 3.63) is 24.0 Å². The quantitative estimate of drug-likeness (QED) is 0.749. The molecule has 0 saturated carbocycles. The minimum atomic E-state index is -0.574. The predicted octanol–water partition coefficient (Wildman–Crippen LogP) is 0.778. The van der Waals surface area contributed by atoms with Gasteiger partial charge in [-0.1, -0.05) is 13.8 Å². The van der Waals surface area contributed by atoms with Crippen LogP contribution < -0.4 is 11.1 Å². The van der Waals surface area contributed by atoms with E-state index in [0.29, 0.717) is 0 Å². The maximum absolute atomic E-state index is 12.3. The van der Waals surface area contributed by atoms with E-state index in [1.54, 1.807) is 0 Å². The molecule has 116 valence electrons. The average Bonchev–Trinajstić information content (AvgIpc) is 3.12. The molecule has 0 aromatic carbocycles. The van der Waals surface area contributed by atoms with E-state index in [1.165, 1.54) is 0 Å². The predicted molar refractivity (Wildman–Crippen MR) is 80.3 cm³/mol. The van der Waals surface area contributed by atoms with E-state index in [0.717, 1.165) is 25.1 Å². The first kappa shape index (κ1) is 15.6. The van der Waals surface area contributed by atoms with E-state index in [1.807, 2.05) is 37.1 Å². The fourth-order valence-corrected chi connectivity index (χ4v) is 2.62. The van der Waals surface area contributed by atoms with E-state index in [-0.39, 0.29) is 30.3 Å². The largest absolute Gasteiger partial charge is 0.363 e. The van der Waals surface area contributed by atoms with Crippen molar-refractivity contribution in [3.8, 4) is 0 Å². The summed E-state index contributed by atoms with van der Waals surface area (Å²) < 4.78 is 0. The Balaban J connectivity index is 1.90. The van der Waals surface area contributed by atoms with Crippen LogP contribution in [0.2, 0.25) is 0 Å². The van der Waals surface area contributed by atoms with Crippen LogP contribution in [0.5, 0.6) is 0 Å². The van der Waals surface area contributed by atoms with Crippen LogP contribution in [-0.2, 0) is 9.59 Å². The molecule has 0 bridgehead atoms. The van der Waals surface area contributed by atoms with E-state index in [9.17, 15) is 9.59 Å². The van der Waals surface area contributed by atoms with Gasteiger partial charge in [0.2, 0.25) is 11.8 Å². The second-order valence-corrected chi connectivity index (χ2v) is 5.86. The van der Waals surface area contributed by atoms with Gasteiger partial charge in [0.1, 0.15) is 0 Å². The van der Waals surface area contributed by atoms with Gasteiger partial charge in [0.05, 0.1) is 18.6 Å². The summed E-state index contributed by atoms with van der Waals surface area (Å²) in [4.78, 5) is 29.1. The highest BCUT2D eigenvalue weighted by atomic mass is 16.2. The summed E-state index contributed by atoms with van der Waals surface area (Å²) in [5.74, 6) is -0.274. The zero-order valence-electron chi connectivity index (χ0n) is 12.6. The number of H-pyrrole nitrogens is 1. The number of hydrogen-bond donors (Lipinski definition) is 3. The Bertz CT molecular complexity index is 484. The lowest BCUT2D eigenvalue weighted by molar-refractivity contribution is -0.134. The van der Waals surface area contributed by atoms with Crippen molar-refractivity contribution in [2.24, 2.45) is 11.7 Å². The lowest BCUT2D eigenvalue weighted by atomic mass is 10.1. The van der Waals surface area contributed by atoms with E-state index in [4.69, 9.17) is 5.73 Å². The van der Waals surface area contributed by atoms with Crippen molar-refractivity contribution in [3.63, 3.8) is 0 Å². The molecule has 1 aliphatic rings. The maximum Gasteiger partial charge on any atom is 0.242 e. The topological polar surface area (TPSA) is 91.2 Å². The second-order valence-electron chi connectivity index (χ2n) is 5.86. The van der Waals surface area contributed by atoms with Gasteiger partial charge in [-0.15, -0.1) is 0 Å². The normalized spacial score (nSPS) is 19.8. The molecule has 4 N–H and O–H groups in total. The second kappa shape index (κ2) is 6.76. The van der Waals surface area contributed by atoms with Gasteiger partial charge in [-0.05, 0) is 30.9 Å². The lowest BCUT2D eigenvalue weighted by Gasteiger charge is -2.24. The van der Waals surface area contributed by atoms with Gasteiger partial charge < -0.3 is 20.9 Å². The highest BCUT2D eigenvalue weighted by molar-refractivity contribution is 5.87. The molecule has 1 aromatic rings. The molecule has 0 spiro atoms. The van der Waals surface area contributed by atoms with Crippen molar-refractivity contribution in [1.29, 1.82) is 0 Å². The number of nitrogens with one attached hydrogen (secondary N) is 2. The molecule has 1 unspecified atom stereocenters. The van der Waals surface area contributed by atoms with Crippen LogP contribution in [0, 0.1) is 5.92 Å². The molecule has 6 heteroatoms. The molecule has 1 aromatic heterocycles. The Morgan fingerprint density at radius 2 is 2.29 bits per heavy atom. The van der Waals surface area contributed by atoms with Crippen molar-refractivity contribution in [1.82, 2.24) is 15.2 Å². The third-order valence-corrected chi connectivity index (χ3v) is 3.99. The fourth-order valence-electron chi connectivity index (χ4n) is 2.62. The summed E-state index contributed by atoms with van der Waals surface area (Å²) in [7, 11) is 0. The zero-order chi connectivity index (χ0) is 15.4. The first-order valence-corrected chi connectivity index (χ1v) is 7.46. The minimum Gasteiger partial charge on any atom is -0.363 e. The number of aromatic nitrogens is 1. The third-order valence-electron chi connectivity index (χ3n) is 3.99. The molecule has 2 atom stereocenters.